The first-order valence-corrected chi connectivity index (χ1v) is 10.3. The molecule has 1 saturated heterocycles. The molecule has 0 aliphatic carbocycles. The molecule has 0 saturated carbocycles. The van der Waals surface area contributed by atoms with E-state index >= 15 is 0 Å². The van der Waals surface area contributed by atoms with Gasteiger partial charge in [0.15, 0.2) is 0 Å². The second-order valence-corrected chi connectivity index (χ2v) is 8.34. The Kier molecular flexibility index (Phi) is 7.04. The third kappa shape index (κ3) is 6.16. The zero-order chi connectivity index (χ0) is 20.8. The van der Waals surface area contributed by atoms with Crippen LogP contribution >= 0.6 is 0 Å². The molecule has 0 bridgehead atoms. The van der Waals surface area contributed by atoms with Crippen LogP contribution in [0.25, 0.3) is 0 Å². The Morgan fingerprint density at radius 2 is 1.76 bits per heavy atom. The van der Waals surface area contributed by atoms with Gasteiger partial charge >= 0.3 is 5.97 Å². The van der Waals surface area contributed by atoms with Gasteiger partial charge < -0.3 is 10.4 Å². The first-order chi connectivity index (χ1) is 13.9. The minimum absolute atomic E-state index is 0.111. The van der Waals surface area contributed by atoms with Gasteiger partial charge in [-0.2, -0.15) is 0 Å². The van der Waals surface area contributed by atoms with E-state index in [2.05, 4.69) is 24.1 Å². The van der Waals surface area contributed by atoms with E-state index in [-0.39, 0.29) is 11.8 Å². The molecule has 29 heavy (non-hydrogen) atoms. The first kappa shape index (κ1) is 21.1. The second-order valence-electron chi connectivity index (χ2n) is 8.34. The number of benzene rings is 2. The van der Waals surface area contributed by atoms with Gasteiger partial charge in [0.25, 0.3) is 5.91 Å². The van der Waals surface area contributed by atoms with Crippen LogP contribution in [0.4, 0.5) is 5.69 Å². The van der Waals surface area contributed by atoms with Crippen molar-refractivity contribution >= 4 is 17.6 Å². The molecule has 1 amide bonds. The molecule has 3 rings (SSSR count). The monoisotopic (exact) mass is 394 g/mol. The summed E-state index contributed by atoms with van der Waals surface area (Å²) in [5.41, 5.74) is 3.78. The number of carboxylic acid groups (broad SMARTS) is 1. The quantitative estimate of drug-likeness (QED) is 0.729. The zero-order valence-electron chi connectivity index (χ0n) is 17.2. The average molecular weight is 395 g/mol. The summed E-state index contributed by atoms with van der Waals surface area (Å²) >= 11 is 0. The summed E-state index contributed by atoms with van der Waals surface area (Å²) in [4.78, 5) is 25.9. The van der Waals surface area contributed by atoms with Crippen molar-refractivity contribution in [3.8, 4) is 0 Å². The van der Waals surface area contributed by atoms with Gasteiger partial charge in [0.2, 0.25) is 0 Å². The van der Waals surface area contributed by atoms with Gasteiger partial charge in [-0.3, -0.25) is 14.5 Å². The largest absolute Gasteiger partial charge is 0.481 e. The molecule has 2 aromatic carbocycles. The Bertz CT molecular complexity index is 837. The third-order valence-electron chi connectivity index (χ3n) is 5.39. The minimum Gasteiger partial charge on any atom is -0.481 e. The molecule has 5 nitrogen and oxygen atoms in total. The number of carbonyl (C=O) groups is 2. The molecule has 1 aliphatic rings. The number of amides is 1. The minimum atomic E-state index is -0.688. The Morgan fingerprint density at radius 3 is 2.38 bits per heavy atom. The van der Waals surface area contributed by atoms with E-state index in [1.807, 2.05) is 48.5 Å². The van der Waals surface area contributed by atoms with Crippen LogP contribution in [-0.2, 0) is 17.8 Å². The van der Waals surface area contributed by atoms with E-state index in [4.69, 9.17) is 5.11 Å². The van der Waals surface area contributed by atoms with Gasteiger partial charge in [0, 0.05) is 17.8 Å². The van der Waals surface area contributed by atoms with Crippen molar-refractivity contribution in [1.29, 1.82) is 0 Å². The van der Waals surface area contributed by atoms with Crippen LogP contribution in [0.2, 0.25) is 0 Å². The Hall–Kier alpha value is -2.66. The highest BCUT2D eigenvalue weighted by atomic mass is 16.4. The summed E-state index contributed by atoms with van der Waals surface area (Å²) in [5, 5.41) is 12.1. The van der Waals surface area contributed by atoms with Crippen LogP contribution in [0.3, 0.4) is 0 Å². The molecule has 1 heterocycles. The maximum absolute atomic E-state index is 12.6. The normalized spacial score (nSPS) is 15.4. The number of anilines is 1. The molecule has 0 spiro atoms. The molecule has 5 heteroatoms. The van der Waals surface area contributed by atoms with Crippen LogP contribution < -0.4 is 5.32 Å². The fourth-order valence-electron chi connectivity index (χ4n) is 3.81. The second kappa shape index (κ2) is 9.70. The molecular formula is C24H30N2O3. The number of carbonyl (C=O) groups excluding carboxylic acids is 1. The van der Waals surface area contributed by atoms with Gasteiger partial charge in [0.1, 0.15) is 0 Å². The SMILES string of the molecule is CC(C)Cc1ccc(C(=O)Nc2cccc(CN3CCC(C(=O)O)CC3)c2)cc1. The number of piperidine rings is 1. The van der Waals surface area contributed by atoms with E-state index < -0.39 is 5.97 Å². The third-order valence-corrected chi connectivity index (χ3v) is 5.39. The molecular weight excluding hydrogens is 364 g/mol. The lowest BCUT2D eigenvalue weighted by molar-refractivity contribution is -0.143. The summed E-state index contributed by atoms with van der Waals surface area (Å²) in [7, 11) is 0. The zero-order valence-corrected chi connectivity index (χ0v) is 17.2. The number of nitrogens with one attached hydrogen (secondary N) is 1. The van der Waals surface area contributed by atoms with Gasteiger partial charge in [-0.25, -0.2) is 0 Å². The standard InChI is InChI=1S/C24H30N2O3/c1-17(2)14-18-6-8-20(9-7-18)23(27)25-22-5-3-4-19(15-22)16-26-12-10-21(11-13-26)24(28)29/h3-9,15,17,21H,10-14,16H2,1-2H3,(H,25,27)(H,28,29). The highest BCUT2D eigenvalue weighted by Crippen LogP contribution is 2.21. The highest BCUT2D eigenvalue weighted by Gasteiger charge is 2.24. The molecule has 1 aliphatic heterocycles. The summed E-state index contributed by atoms with van der Waals surface area (Å²) < 4.78 is 0. The fourth-order valence-corrected chi connectivity index (χ4v) is 3.81. The number of hydrogen-bond donors (Lipinski definition) is 2. The van der Waals surface area contributed by atoms with Crippen LogP contribution in [0, 0.1) is 11.8 Å². The highest BCUT2D eigenvalue weighted by molar-refractivity contribution is 6.04. The van der Waals surface area contributed by atoms with Crippen molar-refractivity contribution in [2.75, 3.05) is 18.4 Å². The van der Waals surface area contributed by atoms with E-state index in [0.717, 1.165) is 37.3 Å². The van der Waals surface area contributed by atoms with Crippen LogP contribution in [0.1, 0.15) is 48.2 Å². The summed E-state index contributed by atoms with van der Waals surface area (Å²) in [5.74, 6) is -0.428. The lowest BCUT2D eigenvalue weighted by Gasteiger charge is -2.30. The average Bonchev–Trinajstić information content (AvgIpc) is 2.69. The molecule has 154 valence electrons. The van der Waals surface area contributed by atoms with Gasteiger partial charge in [0.05, 0.1) is 5.92 Å². The van der Waals surface area contributed by atoms with Crippen LogP contribution in [0.15, 0.2) is 48.5 Å². The maximum atomic E-state index is 12.6. The van der Waals surface area contributed by atoms with Crippen molar-refractivity contribution in [2.45, 2.75) is 39.7 Å². The van der Waals surface area contributed by atoms with Crippen molar-refractivity contribution in [3.05, 3.63) is 65.2 Å². The first-order valence-electron chi connectivity index (χ1n) is 10.3. The predicted octanol–water partition coefficient (Wildman–Crippen LogP) is 4.43. The maximum Gasteiger partial charge on any atom is 0.306 e. The smallest absolute Gasteiger partial charge is 0.306 e. The Balaban J connectivity index is 1.57. The van der Waals surface area contributed by atoms with Crippen LogP contribution in [-0.4, -0.2) is 35.0 Å². The number of aliphatic carboxylic acids is 1. The lowest BCUT2D eigenvalue weighted by Crippen LogP contribution is -2.35. The molecule has 0 radical (unpaired) electrons. The molecule has 2 aromatic rings. The van der Waals surface area contributed by atoms with Gasteiger partial charge in [-0.1, -0.05) is 38.1 Å². The lowest BCUT2D eigenvalue weighted by atomic mass is 9.97. The van der Waals surface area contributed by atoms with Crippen molar-refractivity contribution < 1.29 is 14.7 Å². The number of likely N-dealkylation sites (tertiary alicyclic amines) is 1. The molecule has 0 aromatic heterocycles. The van der Waals surface area contributed by atoms with Crippen molar-refractivity contribution in [3.63, 3.8) is 0 Å². The van der Waals surface area contributed by atoms with E-state index in [1.165, 1.54) is 5.56 Å². The summed E-state index contributed by atoms with van der Waals surface area (Å²) in [6.45, 7) is 6.70. The number of hydrogen-bond acceptors (Lipinski definition) is 3. The Morgan fingerprint density at radius 1 is 1.07 bits per heavy atom. The summed E-state index contributed by atoms with van der Waals surface area (Å²) in [6, 6.07) is 15.7. The topological polar surface area (TPSA) is 69.6 Å². The summed E-state index contributed by atoms with van der Waals surface area (Å²) in [6.07, 6.45) is 2.39. The van der Waals surface area contributed by atoms with E-state index in [0.29, 0.717) is 24.3 Å². The van der Waals surface area contributed by atoms with Gasteiger partial charge in [-0.05, 0) is 73.7 Å². The fraction of sp³-hybridized carbons (Fsp3) is 0.417. The molecule has 0 unspecified atom stereocenters. The predicted molar refractivity (Wildman–Crippen MR) is 115 cm³/mol. The van der Waals surface area contributed by atoms with E-state index in [9.17, 15) is 9.59 Å². The van der Waals surface area contributed by atoms with E-state index in [1.54, 1.807) is 0 Å². The van der Waals surface area contributed by atoms with Crippen molar-refractivity contribution in [1.82, 2.24) is 4.90 Å². The van der Waals surface area contributed by atoms with Crippen LogP contribution in [0.5, 0.6) is 0 Å². The molecule has 0 atom stereocenters. The van der Waals surface area contributed by atoms with Crippen molar-refractivity contribution in [2.24, 2.45) is 11.8 Å². The molecule has 2 N–H and O–H groups in total. The Labute approximate surface area is 172 Å². The molecule has 1 fully saturated rings. The van der Waals surface area contributed by atoms with Gasteiger partial charge in [-0.15, -0.1) is 0 Å². The number of rotatable bonds is 7. The number of nitrogens with zero attached hydrogens (tertiary/aromatic N) is 1. The number of carboxylic acids is 1.